The summed E-state index contributed by atoms with van der Waals surface area (Å²) < 4.78 is 1.90. The first-order valence-electron chi connectivity index (χ1n) is 4.73. The Morgan fingerprint density at radius 1 is 1.36 bits per heavy atom. The lowest BCUT2D eigenvalue weighted by Crippen LogP contribution is -1.90. The molecule has 0 atom stereocenters. The molecule has 0 fully saturated rings. The summed E-state index contributed by atoms with van der Waals surface area (Å²) in [6.07, 6.45) is 1.76. The topological polar surface area (TPSA) is 38.0 Å². The van der Waals surface area contributed by atoms with Crippen molar-refractivity contribution in [1.82, 2.24) is 9.55 Å². The summed E-state index contributed by atoms with van der Waals surface area (Å²) in [6, 6.07) is 3.73. The molecule has 1 aromatic heterocycles. The molecule has 2 rings (SSSR count). The average molecular weight is 190 g/mol. The minimum Gasteiger partial charge on any atom is -0.508 e. The van der Waals surface area contributed by atoms with Gasteiger partial charge in [-0.15, -0.1) is 0 Å². The van der Waals surface area contributed by atoms with Gasteiger partial charge in [0.1, 0.15) is 5.75 Å². The van der Waals surface area contributed by atoms with E-state index in [1.54, 1.807) is 12.4 Å². The predicted molar refractivity (Wildman–Crippen MR) is 56.5 cm³/mol. The molecular weight excluding hydrogens is 176 g/mol. The monoisotopic (exact) mass is 190 g/mol. The number of aromatic nitrogens is 2. The highest BCUT2D eigenvalue weighted by atomic mass is 16.3. The second-order valence-corrected chi connectivity index (χ2v) is 3.91. The lowest BCUT2D eigenvalue weighted by atomic mass is 10.0. The van der Waals surface area contributed by atoms with Gasteiger partial charge in [0.15, 0.2) is 0 Å². The highest BCUT2D eigenvalue weighted by Crippen LogP contribution is 2.29. The highest BCUT2D eigenvalue weighted by Gasteiger charge is 2.09. The Morgan fingerprint density at radius 2 is 2.07 bits per heavy atom. The van der Waals surface area contributed by atoms with Crippen LogP contribution in [0.4, 0.5) is 0 Å². The van der Waals surface area contributed by atoms with E-state index in [9.17, 15) is 5.11 Å². The molecule has 0 saturated carbocycles. The standard InChI is InChI=1S/C11H14N2O/c1-7(2)8-4-9-10(5-11(8)14)13(3)6-12-9/h4-7,14H,1-3H3. The Labute approximate surface area is 83.0 Å². The van der Waals surface area contributed by atoms with Crippen molar-refractivity contribution < 1.29 is 5.11 Å². The Hall–Kier alpha value is -1.51. The van der Waals surface area contributed by atoms with Crippen LogP contribution in [-0.4, -0.2) is 14.7 Å². The molecule has 1 heterocycles. The van der Waals surface area contributed by atoms with Crippen molar-refractivity contribution in [2.45, 2.75) is 19.8 Å². The molecule has 0 saturated heterocycles. The maximum absolute atomic E-state index is 9.78. The smallest absolute Gasteiger partial charge is 0.121 e. The van der Waals surface area contributed by atoms with Crippen molar-refractivity contribution in [3.05, 3.63) is 24.0 Å². The largest absolute Gasteiger partial charge is 0.508 e. The van der Waals surface area contributed by atoms with Crippen molar-refractivity contribution in [3.63, 3.8) is 0 Å². The van der Waals surface area contributed by atoms with Crippen molar-refractivity contribution in [2.24, 2.45) is 7.05 Å². The van der Waals surface area contributed by atoms with Gasteiger partial charge in [-0.1, -0.05) is 13.8 Å². The van der Waals surface area contributed by atoms with Gasteiger partial charge in [0.05, 0.1) is 17.4 Å². The zero-order chi connectivity index (χ0) is 10.3. The molecule has 0 aliphatic carbocycles. The zero-order valence-corrected chi connectivity index (χ0v) is 8.65. The van der Waals surface area contributed by atoms with Gasteiger partial charge in [-0.25, -0.2) is 4.98 Å². The molecule has 0 spiro atoms. The number of phenolic OH excluding ortho intramolecular Hbond substituents is 1. The van der Waals surface area contributed by atoms with Gasteiger partial charge in [0, 0.05) is 13.1 Å². The summed E-state index contributed by atoms with van der Waals surface area (Å²) in [5, 5.41) is 9.78. The Morgan fingerprint density at radius 3 is 2.71 bits per heavy atom. The first-order valence-corrected chi connectivity index (χ1v) is 4.73. The van der Waals surface area contributed by atoms with E-state index in [1.807, 2.05) is 17.7 Å². The summed E-state index contributed by atoms with van der Waals surface area (Å²) in [5.41, 5.74) is 2.86. The molecule has 0 radical (unpaired) electrons. The number of hydrogen-bond acceptors (Lipinski definition) is 2. The second-order valence-electron chi connectivity index (χ2n) is 3.91. The molecule has 0 aliphatic heterocycles. The van der Waals surface area contributed by atoms with E-state index in [1.165, 1.54) is 0 Å². The van der Waals surface area contributed by atoms with Crippen LogP contribution >= 0.6 is 0 Å². The van der Waals surface area contributed by atoms with E-state index >= 15 is 0 Å². The number of nitrogens with zero attached hydrogens (tertiary/aromatic N) is 2. The van der Waals surface area contributed by atoms with E-state index in [-0.39, 0.29) is 0 Å². The number of imidazole rings is 1. The predicted octanol–water partition coefficient (Wildman–Crippen LogP) is 2.40. The first kappa shape index (κ1) is 9.06. The third-order valence-electron chi connectivity index (χ3n) is 2.50. The van der Waals surface area contributed by atoms with Crippen LogP contribution in [0.25, 0.3) is 11.0 Å². The summed E-state index contributed by atoms with van der Waals surface area (Å²) in [7, 11) is 1.92. The van der Waals surface area contributed by atoms with Crippen molar-refractivity contribution in [2.75, 3.05) is 0 Å². The third kappa shape index (κ3) is 1.25. The summed E-state index contributed by atoms with van der Waals surface area (Å²) in [6.45, 7) is 4.12. The quantitative estimate of drug-likeness (QED) is 0.749. The van der Waals surface area contributed by atoms with E-state index in [2.05, 4.69) is 18.8 Å². The van der Waals surface area contributed by atoms with Gasteiger partial charge in [-0.3, -0.25) is 0 Å². The number of aromatic hydroxyl groups is 1. The fourth-order valence-corrected chi connectivity index (χ4v) is 1.64. The van der Waals surface area contributed by atoms with E-state index in [4.69, 9.17) is 0 Å². The highest BCUT2D eigenvalue weighted by molar-refractivity contribution is 5.78. The summed E-state index contributed by atoms with van der Waals surface area (Å²) >= 11 is 0. The Balaban J connectivity index is 2.72. The summed E-state index contributed by atoms with van der Waals surface area (Å²) in [5.74, 6) is 0.678. The van der Waals surface area contributed by atoms with Crippen LogP contribution in [0, 0.1) is 0 Å². The molecule has 0 unspecified atom stereocenters. The second kappa shape index (κ2) is 3.01. The van der Waals surface area contributed by atoms with Crippen LogP contribution < -0.4 is 0 Å². The maximum Gasteiger partial charge on any atom is 0.121 e. The number of hydrogen-bond donors (Lipinski definition) is 1. The molecule has 0 bridgehead atoms. The normalized spacial score (nSPS) is 11.4. The number of aryl methyl sites for hydroxylation is 1. The van der Waals surface area contributed by atoms with Crippen molar-refractivity contribution in [1.29, 1.82) is 0 Å². The van der Waals surface area contributed by atoms with Crippen LogP contribution in [0.3, 0.4) is 0 Å². The van der Waals surface area contributed by atoms with Crippen LogP contribution in [-0.2, 0) is 7.05 Å². The molecule has 3 nitrogen and oxygen atoms in total. The average Bonchev–Trinajstić information content (AvgIpc) is 2.46. The Kier molecular flexibility index (Phi) is 1.95. The third-order valence-corrected chi connectivity index (χ3v) is 2.50. The molecular formula is C11H14N2O. The Bertz CT molecular complexity index is 471. The van der Waals surface area contributed by atoms with E-state index in [0.717, 1.165) is 16.6 Å². The zero-order valence-electron chi connectivity index (χ0n) is 8.65. The molecule has 3 heteroatoms. The van der Waals surface area contributed by atoms with Gasteiger partial charge >= 0.3 is 0 Å². The SMILES string of the molecule is CC(C)c1cc2ncn(C)c2cc1O. The van der Waals surface area contributed by atoms with Gasteiger partial charge in [0.2, 0.25) is 0 Å². The van der Waals surface area contributed by atoms with Crippen LogP contribution in [0.5, 0.6) is 5.75 Å². The van der Waals surface area contributed by atoms with Crippen LogP contribution in [0.1, 0.15) is 25.3 Å². The molecule has 14 heavy (non-hydrogen) atoms. The van der Waals surface area contributed by atoms with Gasteiger partial charge in [-0.05, 0) is 17.5 Å². The number of rotatable bonds is 1. The maximum atomic E-state index is 9.78. The van der Waals surface area contributed by atoms with Crippen molar-refractivity contribution >= 4 is 11.0 Å². The molecule has 0 amide bonds. The number of phenols is 1. The lowest BCUT2D eigenvalue weighted by Gasteiger charge is -2.08. The van der Waals surface area contributed by atoms with Gasteiger partial charge in [0.25, 0.3) is 0 Å². The fourth-order valence-electron chi connectivity index (χ4n) is 1.64. The van der Waals surface area contributed by atoms with E-state index < -0.39 is 0 Å². The number of benzene rings is 1. The minimum absolute atomic E-state index is 0.321. The molecule has 2 aromatic rings. The minimum atomic E-state index is 0.321. The molecule has 74 valence electrons. The molecule has 1 N–H and O–H groups in total. The summed E-state index contributed by atoms with van der Waals surface area (Å²) in [4.78, 5) is 4.25. The van der Waals surface area contributed by atoms with Crippen LogP contribution in [0.2, 0.25) is 0 Å². The fraction of sp³-hybridized carbons (Fsp3) is 0.364. The van der Waals surface area contributed by atoms with Gasteiger partial charge < -0.3 is 9.67 Å². The lowest BCUT2D eigenvalue weighted by molar-refractivity contribution is 0.465. The van der Waals surface area contributed by atoms with E-state index in [0.29, 0.717) is 11.7 Å². The molecule has 1 aromatic carbocycles. The van der Waals surface area contributed by atoms with Gasteiger partial charge in [-0.2, -0.15) is 0 Å². The van der Waals surface area contributed by atoms with Crippen molar-refractivity contribution in [3.8, 4) is 5.75 Å². The molecule has 0 aliphatic rings. The first-order chi connectivity index (χ1) is 6.59. The van der Waals surface area contributed by atoms with Crippen LogP contribution in [0.15, 0.2) is 18.5 Å². The number of fused-ring (bicyclic) bond motifs is 1.